The Kier molecular flexibility index (Phi) is 5.26. The average molecular weight is 440 g/mol. The number of hydrogen-bond donors (Lipinski definition) is 3. The molecule has 0 saturated heterocycles. The number of rotatable bonds is 6. The van der Waals surface area contributed by atoms with Crippen LogP contribution in [-0.4, -0.2) is 53.5 Å². The number of aliphatic hydroxyl groups is 2. The van der Waals surface area contributed by atoms with E-state index in [-0.39, 0.29) is 21.6 Å². The summed E-state index contributed by atoms with van der Waals surface area (Å²) in [7, 11) is -2.09. The van der Waals surface area contributed by atoms with Crippen molar-refractivity contribution >= 4 is 43.7 Å². The molecule has 0 saturated carbocycles. The van der Waals surface area contributed by atoms with Gasteiger partial charge in [-0.05, 0) is 23.8 Å². The third kappa shape index (κ3) is 3.67. The van der Waals surface area contributed by atoms with Gasteiger partial charge in [0.2, 0.25) is 0 Å². The van der Waals surface area contributed by atoms with Crippen LogP contribution in [0.2, 0.25) is 0 Å². The fourth-order valence-corrected chi connectivity index (χ4v) is 5.17. The summed E-state index contributed by atoms with van der Waals surface area (Å²) < 4.78 is 27.0. The van der Waals surface area contributed by atoms with Crippen LogP contribution in [-0.2, 0) is 26.5 Å². The van der Waals surface area contributed by atoms with Gasteiger partial charge in [-0.15, -0.1) is 0 Å². The second-order valence-electron chi connectivity index (χ2n) is 7.35. The van der Waals surface area contributed by atoms with E-state index in [1.165, 1.54) is 18.2 Å². The summed E-state index contributed by atoms with van der Waals surface area (Å²) in [5, 5.41) is 21.6. The summed E-state index contributed by atoms with van der Waals surface area (Å²) >= 11 is 0. The number of aliphatic hydroxyl groups excluding tert-OH is 2. The van der Waals surface area contributed by atoms with E-state index in [2.05, 4.69) is 5.32 Å². The summed E-state index contributed by atoms with van der Waals surface area (Å²) in [6.45, 7) is -0.688. The first-order valence-electron chi connectivity index (χ1n) is 9.49. The van der Waals surface area contributed by atoms with E-state index in [9.17, 15) is 23.1 Å². The molecule has 0 radical (unpaired) electrons. The van der Waals surface area contributed by atoms with Crippen LogP contribution in [0.5, 0.6) is 0 Å². The van der Waals surface area contributed by atoms with Crippen molar-refractivity contribution in [1.29, 1.82) is 0 Å². The number of carbonyl (C=O) groups is 2. The van der Waals surface area contributed by atoms with Crippen LogP contribution < -0.4 is 5.32 Å². The number of aryl methyl sites for hydroxylation is 1. The maximum Gasteiger partial charge on any atom is 0.259 e. The number of fused-ring (bicyclic) bond motifs is 1. The number of para-hydroxylation sites is 1. The Balaban J connectivity index is 1.90. The van der Waals surface area contributed by atoms with Gasteiger partial charge in [0.25, 0.3) is 11.8 Å². The van der Waals surface area contributed by atoms with E-state index in [0.29, 0.717) is 5.56 Å². The van der Waals surface area contributed by atoms with E-state index < -0.39 is 40.1 Å². The number of imide groups is 1. The highest BCUT2D eigenvalue weighted by atomic mass is 32.2. The van der Waals surface area contributed by atoms with E-state index >= 15 is 0 Å². The molecule has 2 heterocycles. The summed E-state index contributed by atoms with van der Waals surface area (Å²) in [5.74, 6) is -1.83. The van der Waals surface area contributed by atoms with Crippen LogP contribution in [0.25, 0.3) is 22.0 Å². The number of carbonyl (C=O) groups excluding carboxylic acids is 2. The first-order chi connectivity index (χ1) is 14.7. The highest BCUT2D eigenvalue weighted by Crippen LogP contribution is 2.36. The van der Waals surface area contributed by atoms with Crippen LogP contribution in [0.3, 0.4) is 0 Å². The lowest BCUT2D eigenvalue weighted by molar-refractivity contribution is -0.122. The van der Waals surface area contributed by atoms with Crippen molar-refractivity contribution in [1.82, 2.24) is 9.88 Å². The Hall–Kier alpha value is -3.27. The van der Waals surface area contributed by atoms with Gasteiger partial charge in [0, 0.05) is 29.7 Å². The Morgan fingerprint density at radius 3 is 2.48 bits per heavy atom. The molecule has 0 spiro atoms. The molecule has 9 heteroatoms. The molecule has 1 atom stereocenters. The van der Waals surface area contributed by atoms with E-state index in [4.69, 9.17) is 5.11 Å². The number of benzene rings is 2. The topological polar surface area (TPSA) is 126 Å². The van der Waals surface area contributed by atoms with Crippen molar-refractivity contribution in [3.8, 4) is 0 Å². The molecule has 2 aromatic carbocycles. The lowest BCUT2D eigenvalue weighted by Gasteiger charge is -2.10. The number of aromatic nitrogens is 1. The molecule has 3 aromatic rings. The molecule has 160 valence electrons. The van der Waals surface area contributed by atoms with E-state index in [0.717, 1.165) is 10.9 Å². The maximum absolute atomic E-state index is 12.7. The van der Waals surface area contributed by atoms with Crippen LogP contribution in [0, 0.1) is 0 Å². The molecule has 31 heavy (non-hydrogen) atoms. The zero-order chi connectivity index (χ0) is 22.3. The van der Waals surface area contributed by atoms with Gasteiger partial charge in [0.15, 0.2) is 9.84 Å². The molecule has 0 bridgehead atoms. The van der Waals surface area contributed by atoms with Crippen molar-refractivity contribution in [2.24, 2.45) is 7.05 Å². The van der Waals surface area contributed by atoms with Crippen LogP contribution in [0.1, 0.15) is 11.1 Å². The van der Waals surface area contributed by atoms with Crippen molar-refractivity contribution < 1.29 is 28.2 Å². The minimum Gasteiger partial charge on any atom is -0.394 e. The first kappa shape index (κ1) is 21.0. The molecule has 2 amide bonds. The lowest BCUT2D eigenvalue weighted by atomic mass is 9.96. The summed E-state index contributed by atoms with van der Waals surface area (Å²) in [5.41, 5.74) is 1.98. The normalized spacial score (nSPS) is 15.6. The molecule has 1 aliphatic heterocycles. The fourth-order valence-electron chi connectivity index (χ4n) is 3.78. The SMILES string of the molecule is Cn1cc(C2=C(c3cccc(S(=O)(=O)C[C@@H](O)CO)c3)C(=O)NC2=O)c2ccccc21. The molecule has 0 fully saturated rings. The Bertz CT molecular complexity index is 1350. The molecule has 1 aliphatic rings. The molecule has 0 aliphatic carbocycles. The molecular weight excluding hydrogens is 420 g/mol. The monoisotopic (exact) mass is 440 g/mol. The van der Waals surface area contributed by atoms with Crippen molar-refractivity contribution in [3.63, 3.8) is 0 Å². The van der Waals surface area contributed by atoms with Crippen LogP contribution in [0.4, 0.5) is 0 Å². The highest BCUT2D eigenvalue weighted by molar-refractivity contribution is 7.91. The summed E-state index contributed by atoms with van der Waals surface area (Å²) in [6, 6.07) is 13.1. The molecular formula is C22H20N2O6S. The van der Waals surface area contributed by atoms with Crippen molar-refractivity contribution in [2.75, 3.05) is 12.4 Å². The van der Waals surface area contributed by atoms with Gasteiger partial charge in [-0.1, -0.05) is 30.3 Å². The van der Waals surface area contributed by atoms with Gasteiger partial charge in [-0.25, -0.2) is 8.42 Å². The zero-order valence-electron chi connectivity index (χ0n) is 16.6. The lowest BCUT2D eigenvalue weighted by Crippen LogP contribution is -2.24. The fraction of sp³-hybridized carbons (Fsp3) is 0.182. The third-order valence-electron chi connectivity index (χ3n) is 5.20. The second-order valence-corrected chi connectivity index (χ2v) is 9.38. The van der Waals surface area contributed by atoms with Crippen LogP contribution in [0.15, 0.2) is 59.6 Å². The van der Waals surface area contributed by atoms with Gasteiger partial charge in [-0.3, -0.25) is 14.9 Å². The molecule has 4 rings (SSSR count). The molecule has 1 aromatic heterocycles. The van der Waals surface area contributed by atoms with Gasteiger partial charge in [-0.2, -0.15) is 0 Å². The van der Waals surface area contributed by atoms with E-state index in [1.54, 1.807) is 12.3 Å². The smallest absolute Gasteiger partial charge is 0.259 e. The molecule has 0 unspecified atom stereocenters. The van der Waals surface area contributed by atoms with Gasteiger partial charge >= 0.3 is 0 Å². The molecule has 8 nitrogen and oxygen atoms in total. The van der Waals surface area contributed by atoms with Crippen molar-refractivity contribution in [3.05, 3.63) is 65.9 Å². The largest absolute Gasteiger partial charge is 0.394 e. The quantitative estimate of drug-likeness (QED) is 0.489. The average Bonchev–Trinajstić information content (AvgIpc) is 3.23. The Morgan fingerprint density at radius 2 is 1.74 bits per heavy atom. The standard InChI is InChI=1S/C22H20N2O6S/c1-24-10-17(16-7-2-3-8-18(16)24)20-19(21(27)23-22(20)28)13-5-4-6-15(9-13)31(29,30)12-14(26)11-25/h2-10,14,25-26H,11-12H2,1H3,(H,23,27,28)/t14-/m0/s1. The van der Waals surface area contributed by atoms with Gasteiger partial charge < -0.3 is 14.8 Å². The minimum atomic E-state index is -3.92. The number of amides is 2. The highest BCUT2D eigenvalue weighted by Gasteiger charge is 2.34. The number of hydrogen-bond acceptors (Lipinski definition) is 6. The van der Waals surface area contributed by atoms with Gasteiger partial charge in [0.1, 0.15) is 0 Å². The predicted molar refractivity (Wildman–Crippen MR) is 114 cm³/mol. The van der Waals surface area contributed by atoms with Gasteiger partial charge in [0.05, 0.1) is 34.5 Å². The molecule has 3 N–H and O–H groups in total. The maximum atomic E-state index is 12.7. The predicted octanol–water partition coefficient (Wildman–Crippen LogP) is 0.872. The first-order valence-corrected chi connectivity index (χ1v) is 11.1. The number of nitrogens with zero attached hydrogens (tertiary/aromatic N) is 1. The minimum absolute atomic E-state index is 0.0844. The van der Waals surface area contributed by atoms with E-state index in [1.807, 2.05) is 35.9 Å². The number of sulfone groups is 1. The Labute approximate surface area is 178 Å². The zero-order valence-corrected chi connectivity index (χ0v) is 17.4. The Morgan fingerprint density at radius 1 is 1.03 bits per heavy atom. The summed E-state index contributed by atoms with van der Waals surface area (Å²) in [6.07, 6.45) is 0.339. The van der Waals surface area contributed by atoms with Crippen LogP contribution >= 0.6 is 0 Å². The third-order valence-corrected chi connectivity index (χ3v) is 7.00. The number of nitrogens with one attached hydrogen (secondary N) is 1. The summed E-state index contributed by atoms with van der Waals surface area (Å²) in [4.78, 5) is 25.3. The second kappa shape index (κ2) is 7.77. The van der Waals surface area contributed by atoms with Crippen molar-refractivity contribution in [2.45, 2.75) is 11.0 Å².